The van der Waals surface area contributed by atoms with E-state index in [1.807, 2.05) is 0 Å². The molecular formula is C13H13F4NO. The van der Waals surface area contributed by atoms with Gasteiger partial charge < -0.3 is 5.32 Å². The minimum atomic E-state index is -4.57. The number of hydrogen-bond acceptors (Lipinski definition) is 1. The minimum absolute atomic E-state index is 0.134. The summed E-state index contributed by atoms with van der Waals surface area (Å²) in [6.07, 6.45) is -1.15. The van der Waals surface area contributed by atoms with Gasteiger partial charge in [-0.25, -0.2) is 4.39 Å². The molecule has 1 aromatic rings. The Bertz CT molecular complexity index is 480. The molecule has 0 aliphatic rings. The fourth-order valence-corrected chi connectivity index (χ4v) is 1.42. The summed E-state index contributed by atoms with van der Waals surface area (Å²) >= 11 is 0. The van der Waals surface area contributed by atoms with Gasteiger partial charge in [0, 0.05) is 13.5 Å². The van der Waals surface area contributed by atoms with Crippen molar-refractivity contribution in [2.75, 3.05) is 6.54 Å². The van der Waals surface area contributed by atoms with E-state index in [0.717, 1.165) is 12.1 Å². The molecule has 0 saturated carbocycles. The molecule has 0 aliphatic heterocycles. The Labute approximate surface area is 108 Å². The normalized spacial score (nSPS) is 11.8. The number of rotatable bonds is 4. The van der Waals surface area contributed by atoms with E-state index in [1.165, 1.54) is 13.0 Å². The third kappa shape index (κ3) is 5.54. The third-order valence-electron chi connectivity index (χ3n) is 2.24. The minimum Gasteiger partial charge on any atom is -0.356 e. The second-order valence-electron chi connectivity index (χ2n) is 3.95. The summed E-state index contributed by atoms with van der Waals surface area (Å²) in [4.78, 5) is 10.6. The third-order valence-corrected chi connectivity index (χ3v) is 2.24. The molecule has 1 N–H and O–H groups in total. The Balaban J connectivity index is 2.71. The van der Waals surface area contributed by atoms with Gasteiger partial charge in [-0.1, -0.05) is 12.2 Å². The zero-order valence-electron chi connectivity index (χ0n) is 10.2. The summed E-state index contributed by atoms with van der Waals surface area (Å²) in [5.74, 6) is -1.12. The van der Waals surface area contributed by atoms with Crippen LogP contribution in [0.5, 0.6) is 0 Å². The second-order valence-corrected chi connectivity index (χ2v) is 3.95. The van der Waals surface area contributed by atoms with E-state index in [1.54, 1.807) is 6.08 Å². The van der Waals surface area contributed by atoms with E-state index in [2.05, 4.69) is 5.32 Å². The van der Waals surface area contributed by atoms with Gasteiger partial charge in [0.05, 0.1) is 5.56 Å². The first-order valence-electron chi connectivity index (χ1n) is 5.58. The van der Waals surface area contributed by atoms with Crippen LogP contribution in [0.1, 0.15) is 24.5 Å². The summed E-state index contributed by atoms with van der Waals surface area (Å²) in [5, 5.41) is 2.53. The van der Waals surface area contributed by atoms with Crippen LogP contribution < -0.4 is 5.32 Å². The average Bonchev–Trinajstić information content (AvgIpc) is 2.26. The first-order valence-corrected chi connectivity index (χ1v) is 5.58. The molecule has 19 heavy (non-hydrogen) atoms. The van der Waals surface area contributed by atoms with Crippen molar-refractivity contribution in [3.05, 3.63) is 41.2 Å². The summed E-state index contributed by atoms with van der Waals surface area (Å²) in [6, 6.07) is 2.34. The van der Waals surface area contributed by atoms with Crippen molar-refractivity contribution in [3.63, 3.8) is 0 Å². The maximum atomic E-state index is 13.0. The molecule has 6 heteroatoms. The molecule has 104 valence electrons. The predicted octanol–water partition coefficient (Wildman–Crippen LogP) is 3.38. The van der Waals surface area contributed by atoms with Crippen molar-refractivity contribution < 1.29 is 22.4 Å². The van der Waals surface area contributed by atoms with E-state index in [0.29, 0.717) is 19.0 Å². The lowest BCUT2D eigenvalue weighted by Gasteiger charge is -2.07. The molecule has 1 amide bonds. The quantitative estimate of drug-likeness (QED) is 0.662. The van der Waals surface area contributed by atoms with Crippen molar-refractivity contribution in [2.45, 2.75) is 19.5 Å². The van der Waals surface area contributed by atoms with Crippen LogP contribution >= 0.6 is 0 Å². The van der Waals surface area contributed by atoms with E-state index < -0.39 is 17.6 Å². The Hall–Kier alpha value is -1.85. The number of halogens is 4. The summed E-state index contributed by atoms with van der Waals surface area (Å²) in [5.41, 5.74) is -0.885. The molecule has 0 fully saturated rings. The van der Waals surface area contributed by atoms with E-state index >= 15 is 0 Å². The summed E-state index contributed by atoms with van der Waals surface area (Å²) in [6.45, 7) is 1.75. The molecule has 0 aromatic heterocycles. The molecule has 0 aliphatic carbocycles. The smallest absolute Gasteiger partial charge is 0.356 e. The van der Waals surface area contributed by atoms with Crippen molar-refractivity contribution in [1.29, 1.82) is 0 Å². The van der Waals surface area contributed by atoms with Gasteiger partial charge in [0.25, 0.3) is 0 Å². The molecule has 0 bridgehead atoms. The fourth-order valence-electron chi connectivity index (χ4n) is 1.42. The van der Waals surface area contributed by atoms with Crippen molar-refractivity contribution in [2.24, 2.45) is 0 Å². The molecule has 0 atom stereocenters. The topological polar surface area (TPSA) is 29.1 Å². The van der Waals surface area contributed by atoms with Gasteiger partial charge in [-0.3, -0.25) is 4.79 Å². The van der Waals surface area contributed by atoms with E-state index in [-0.39, 0.29) is 11.5 Å². The average molecular weight is 275 g/mol. The maximum Gasteiger partial charge on any atom is 0.416 e. The second kappa shape index (κ2) is 6.36. The zero-order chi connectivity index (χ0) is 14.5. The first-order chi connectivity index (χ1) is 8.79. The SMILES string of the molecule is CC(=O)NCCC=Cc1cc(F)cc(C(F)(F)F)c1. The van der Waals surface area contributed by atoms with Gasteiger partial charge in [-0.05, 0) is 30.2 Å². The van der Waals surface area contributed by atoms with E-state index in [9.17, 15) is 22.4 Å². The van der Waals surface area contributed by atoms with Crippen LogP contribution in [-0.4, -0.2) is 12.5 Å². The number of carbonyl (C=O) groups excluding carboxylic acids is 1. The molecule has 1 rings (SSSR count). The standard InChI is InChI=1S/C13H13F4NO/c1-9(19)18-5-3-2-4-10-6-11(13(15,16)17)8-12(14)7-10/h2,4,6-8H,3,5H2,1H3,(H,18,19). The Morgan fingerprint density at radius 3 is 2.58 bits per heavy atom. The number of hydrogen-bond donors (Lipinski definition) is 1. The van der Waals surface area contributed by atoms with Crippen LogP contribution in [0, 0.1) is 5.82 Å². The molecular weight excluding hydrogens is 262 g/mol. The Kier molecular flexibility index (Phi) is 5.09. The maximum absolute atomic E-state index is 13.0. The molecule has 0 unspecified atom stereocenters. The molecule has 0 radical (unpaired) electrons. The lowest BCUT2D eigenvalue weighted by molar-refractivity contribution is -0.137. The van der Waals surface area contributed by atoms with Crippen molar-refractivity contribution in [3.8, 4) is 0 Å². The molecule has 0 spiro atoms. The van der Waals surface area contributed by atoms with Gasteiger partial charge in [0.15, 0.2) is 0 Å². The number of alkyl halides is 3. The Morgan fingerprint density at radius 2 is 2.00 bits per heavy atom. The summed E-state index contributed by atoms with van der Waals surface area (Å²) < 4.78 is 50.4. The van der Waals surface area contributed by atoms with Gasteiger partial charge in [-0.2, -0.15) is 13.2 Å². The fraction of sp³-hybridized carbons (Fsp3) is 0.308. The zero-order valence-corrected chi connectivity index (χ0v) is 10.2. The van der Waals surface area contributed by atoms with Crippen LogP contribution in [0.4, 0.5) is 17.6 Å². The highest BCUT2D eigenvalue weighted by Gasteiger charge is 2.31. The van der Waals surface area contributed by atoms with Crippen LogP contribution in [0.15, 0.2) is 24.3 Å². The van der Waals surface area contributed by atoms with E-state index in [4.69, 9.17) is 0 Å². The monoisotopic (exact) mass is 275 g/mol. The Morgan fingerprint density at radius 1 is 1.32 bits per heavy atom. The highest BCUT2D eigenvalue weighted by molar-refractivity contribution is 5.72. The number of nitrogens with one attached hydrogen (secondary N) is 1. The molecule has 1 aromatic carbocycles. The van der Waals surface area contributed by atoms with Crippen LogP contribution in [0.25, 0.3) is 6.08 Å². The van der Waals surface area contributed by atoms with Crippen molar-refractivity contribution >= 4 is 12.0 Å². The van der Waals surface area contributed by atoms with Crippen LogP contribution in [-0.2, 0) is 11.0 Å². The predicted molar refractivity (Wildman–Crippen MR) is 63.7 cm³/mol. The van der Waals surface area contributed by atoms with Gasteiger partial charge in [0.1, 0.15) is 5.82 Å². The number of carbonyl (C=O) groups is 1. The van der Waals surface area contributed by atoms with Gasteiger partial charge >= 0.3 is 6.18 Å². The van der Waals surface area contributed by atoms with Crippen LogP contribution in [0.2, 0.25) is 0 Å². The highest BCUT2D eigenvalue weighted by atomic mass is 19.4. The largest absolute Gasteiger partial charge is 0.416 e. The summed E-state index contributed by atoms with van der Waals surface area (Å²) in [7, 11) is 0. The van der Waals surface area contributed by atoms with Crippen LogP contribution in [0.3, 0.4) is 0 Å². The first kappa shape index (κ1) is 15.2. The highest BCUT2D eigenvalue weighted by Crippen LogP contribution is 2.30. The molecule has 0 saturated heterocycles. The van der Waals surface area contributed by atoms with Gasteiger partial charge in [0.2, 0.25) is 5.91 Å². The number of benzene rings is 1. The van der Waals surface area contributed by atoms with Crippen molar-refractivity contribution in [1.82, 2.24) is 5.32 Å². The molecule has 2 nitrogen and oxygen atoms in total. The van der Waals surface area contributed by atoms with Gasteiger partial charge in [-0.15, -0.1) is 0 Å². The lowest BCUT2D eigenvalue weighted by Crippen LogP contribution is -2.20. The lowest BCUT2D eigenvalue weighted by atomic mass is 10.1. The molecule has 0 heterocycles. The number of amides is 1.